The van der Waals surface area contributed by atoms with Gasteiger partial charge in [0.2, 0.25) is 0 Å². The summed E-state index contributed by atoms with van der Waals surface area (Å²) in [5.41, 5.74) is 0. The van der Waals surface area contributed by atoms with Gasteiger partial charge in [0.1, 0.15) is 0 Å². The maximum Gasteiger partial charge on any atom is 0.0662 e. The third-order valence-corrected chi connectivity index (χ3v) is 3.02. The predicted octanol–water partition coefficient (Wildman–Crippen LogP) is 1.97. The van der Waals surface area contributed by atoms with Crippen LogP contribution in [0.3, 0.4) is 0 Å². The summed E-state index contributed by atoms with van der Waals surface area (Å²) in [5.74, 6) is 2.36. The number of allylic oxidation sites excluding steroid dienone is 2. The molecule has 0 aromatic rings. The number of nitrogens with zero attached hydrogens (tertiary/aromatic N) is 1. The topological polar surface area (TPSA) is 23.8 Å². The number of hydrogen-bond donors (Lipinski definition) is 0. The Balaban J connectivity index is 2.25. The van der Waals surface area contributed by atoms with Crippen molar-refractivity contribution in [2.45, 2.75) is 13.3 Å². The Morgan fingerprint density at radius 3 is 2.60 bits per heavy atom. The van der Waals surface area contributed by atoms with Crippen LogP contribution in [0.15, 0.2) is 12.2 Å². The number of hydrogen-bond acceptors (Lipinski definition) is 1. The van der Waals surface area contributed by atoms with Gasteiger partial charge >= 0.3 is 0 Å². The number of fused-ring (bicyclic) bond motifs is 2. The largest absolute Gasteiger partial charge is 0.198 e. The van der Waals surface area contributed by atoms with Crippen LogP contribution < -0.4 is 0 Å². The van der Waals surface area contributed by atoms with Gasteiger partial charge in [0.15, 0.2) is 0 Å². The SMILES string of the molecule is C[C@H]1[C@H]2C=C[C@@H]1C[C@@H]2C#N. The van der Waals surface area contributed by atoms with Crippen molar-refractivity contribution >= 4 is 0 Å². The van der Waals surface area contributed by atoms with Gasteiger partial charge in [-0.2, -0.15) is 5.26 Å². The van der Waals surface area contributed by atoms with E-state index < -0.39 is 0 Å². The van der Waals surface area contributed by atoms with Crippen molar-refractivity contribution in [1.29, 1.82) is 5.26 Å². The Bertz CT molecular complexity index is 211. The zero-order valence-electron chi connectivity index (χ0n) is 6.12. The molecular formula is C9H11N. The van der Waals surface area contributed by atoms with E-state index in [2.05, 4.69) is 25.1 Å². The minimum atomic E-state index is 0.324. The van der Waals surface area contributed by atoms with Gasteiger partial charge in [0, 0.05) is 0 Å². The minimum absolute atomic E-state index is 0.324. The molecule has 1 nitrogen and oxygen atoms in total. The second kappa shape index (κ2) is 1.85. The molecule has 0 saturated heterocycles. The fourth-order valence-corrected chi connectivity index (χ4v) is 2.29. The van der Waals surface area contributed by atoms with Crippen LogP contribution in [0.5, 0.6) is 0 Å². The summed E-state index contributed by atoms with van der Waals surface area (Å²) in [5, 5.41) is 8.72. The van der Waals surface area contributed by atoms with E-state index in [0.717, 1.165) is 18.3 Å². The highest BCUT2D eigenvalue weighted by Crippen LogP contribution is 2.47. The molecule has 0 heterocycles. The van der Waals surface area contributed by atoms with E-state index in [9.17, 15) is 0 Å². The van der Waals surface area contributed by atoms with Crippen molar-refractivity contribution in [1.82, 2.24) is 0 Å². The summed E-state index contributed by atoms with van der Waals surface area (Å²) in [6.07, 6.45) is 5.62. The van der Waals surface area contributed by atoms with Gasteiger partial charge in [-0.25, -0.2) is 0 Å². The van der Waals surface area contributed by atoms with Crippen LogP contribution in [0, 0.1) is 35.0 Å². The molecule has 1 saturated carbocycles. The van der Waals surface area contributed by atoms with Crippen LogP contribution in [-0.2, 0) is 0 Å². The van der Waals surface area contributed by atoms with Gasteiger partial charge in [-0.1, -0.05) is 19.1 Å². The molecule has 0 N–H and O–H groups in total. The zero-order valence-corrected chi connectivity index (χ0v) is 6.12. The van der Waals surface area contributed by atoms with Crippen molar-refractivity contribution < 1.29 is 0 Å². The van der Waals surface area contributed by atoms with Crippen molar-refractivity contribution in [2.24, 2.45) is 23.7 Å². The average molecular weight is 133 g/mol. The number of rotatable bonds is 0. The molecule has 1 fully saturated rings. The monoisotopic (exact) mass is 133 g/mol. The molecule has 2 aliphatic carbocycles. The van der Waals surface area contributed by atoms with Crippen LogP contribution in [0.1, 0.15) is 13.3 Å². The zero-order chi connectivity index (χ0) is 7.14. The minimum Gasteiger partial charge on any atom is -0.198 e. The van der Waals surface area contributed by atoms with E-state index in [1.807, 2.05) is 0 Å². The van der Waals surface area contributed by atoms with Gasteiger partial charge < -0.3 is 0 Å². The standard InChI is InChI=1S/C9H11N/c1-6-7-2-3-9(6)8(4-7)5-10/h2-3,6-9H,4H2,1H3/t6-,7-,8-,9-/m1/s1. The first-order valence-electron chi connectivity index (χ1n) is 3.91. The molecule has 52 valence electrons. The van der Waals surface area contributed by atoms with Crippen LogP contribution in [0.4, 0.5) is 0 Å². The molecule has 0 aromatic carbocycles. The lowest BCUT2D eigenvalue weighted by Gasteiger charge is -2.09. The van der Waals surface area contributed by atoms with Gasteiger partial charge in [0.25, 0.3) is 0 Å². The van der Waals surface area contributed by atoms with Gasteiger partial charge in [-0.05, 0) is 24.2 Å². The van der Waals surface area contributed by atoms with Crippen LogP contribution in [0.25, 0.3) is 0 Å². The van der Waals surface area contributed by atoms with E-state index in [1.54, 1.807) is 0 Å². The molecule has 0 unspecified atom stereocenters. The highest BCUT2D eigenvalue weighted by Gasteiger charge is 2.41. The summed E-state index contributed by atoms with van der Waals surface area (Å²) in [7, 11) is 0. The van der Waals surface area contributed by atoms with Crippen molar-refractivity contribution in [3.05, 3.63) is 12.2 Å². The molecule has 0 aliphatic heterocycles. The van der Waals surface area contributed by atoms with Crippen LogP contribution in [0.2, 0.25) is 0 Å². The molecule has 0 radical (unpaired) electrons. The van der Waals surface area contributed by atoms with E-state index in [4.69, 9.17) is 5.26 Å². The molecule has 0 aromatic heterocycles. The average Bonchev–Trinajstić information content (AvgIpc) is 2.46. The number of nitriles is 1. The molecule has 10 heavy (non-hydrogen) atoms. The first kappa shape index (κ1) is 5.97. The molecule has 1 heteroatoms. The van der Waals surface area contributed by atoms with E-state index in [-0.39, 0.29) is 0 Å². The Kier molecular flexibility index (Phi) is 1.11. The summed E-state index contributed by atoms with van der Waals surface area (Å²) in [4.78, 5) is 0. The molecule has 4 atom stereocenters. The summed E-state index contributed by atoms with van der Waals surface area (Å²) >= 11 is 0. The van der Waals surface area contributed by atoms with Crippen molar-refractivity contribution in [3.63, 3.8) is 0 Å². The lowest BCUT2D eigenvalue weighted by atomic mass is 9.93. The normalized spacial score (nSPS) is 49.6. The smallest absolute Gasteiger partial charge is 0.0662 e. The van der Waals surface area contributed by atoms with Gasteiger partial charge in [-0.3, -0.25) is 0 Å². The second-order valence-corrected chi connectivity index (χ2v) is 3.46. The first-order valence-corrected chi connectivity index (χ1v) is 3.91. The highest BCUT2D eigenvalue weighted by molar-refractivity contribution is 5.17. The molecule has 2 aliphatic rings. The maximum absolute atomic E-state index is 8.72. The fourth-order valence-electron chi connectivity index (χ4n) is 2.29. The van der Waals surface area contributed by atoms with Crippen molar-refractivity contribution in [2.75, 3.05) is 0 Å². The molecule has 2 bridgehead atoms. The molecule has 2 rings (SSSR count). The second-order valence-electron chi connectivity index (χ2n) is 3.46. The maximum atomic E-state index is 8.72. The Labute approximate surface area is 61.4 Å². The van der Waals surface area contributed by atoms with Gasteiger partial charge in [-0.15, -0.1) is 0 Å². The third-order valence-electron chi connectivity index (χ3n) is 3.02. The Morgan fingerprint density at radius 1 is 1.50 bits per heavy atom. The molecule has 0 amide bonds. The summed E-state index contributed by atoms with van der Waals surface area (Å²) in [6, 6.07) is 2.37. The first-order chi connectivity index (χ1) is 4.83. The van der Waals surface area contributed by atoms with Gasteiger partial charge in [0.05, 0.1) is 12.0 Å². The van der Waals surface area contributed by atoms with Crippen molar-refractivity contribution in [3.8, 4) is 6.07 Å². The fraction of sp³-hybridized carbons (Fsp3) is 0.667. The Morgan fingerprint density at radius 2 is 2.30 bits per heavy atom. The van der Waals surface area contributed by atoms with Crippen LogP contribution >= 0.6 is 0 Å². The Hall–Kier alpha value is -0.770. The summed E-state index contributed by atoms with van der Waals surface area (Å²) in [6.45, 7) is 2.26. The van der Waals surface area contributed by atoms with E-state index in [0.29, 0.717) is 11.8 Å². The lowest BCUT2D eigenvalue weighted by Crippen LogP contribution is -2.06. The third kappa shape index (κ3) is 0.568. The molecule has 0 spiro atoms. The van der Waals surface area contributed by atoms with E-state index in [1.165, 1.54) is 0 Å². The predicted molar refractivity (Wildman–Crippen MR) is 39.0 cm³/mol. The van der Waals surface area contributed by atoms with E-state index >= 15 is 0 Å². The van der Waals surface area contributed by atoms with Crippen LogP contribution in [-0.4, -0.2) is 0 Å². The highest BCUT2D eigenvalue weighted by atomic mass is 14.5. The lowest BCUT2D eigenvalue weighted by molar-refractivity contribution is 0.455. The quantitative estimate of drug-likeness (QED) is 0.463. The summed E-state index contributed by atoms with van der Waals surface area (Å²) < 4.78 is 0. The molecular weight excluding hydrogens is 122 g/mol.